The topological polar surface area (TPSA) is 95.9 Å². The van der Waals surface area contributed by atoms with E-state index in [-0.39, 0.29) is 49.9 Å². The van der Waals surface area contributed by atoms with E-state index in [9.17, 15) is 19.5 Å². The van der Waals surface area contributed by atoms with Crippen molar-refractivity contribution in [2.45, 2.75) is 57.2 Å². The average Bonchev–Trinajstić information content (AvgIpc) is 2.94. The fourth-order valence-corrected chi connectivity index (χ4v) is 4.71. The van der Waals surface area contributed by atoms with E-state index in [1.165, 1.54) is 0 Å². The second-order valence-corrected chi connectivity index (χ2v) is 9.66. The number of aliphatic hydroxyl groups excluding tert-OH is 1. The first kappa shape index (κ1) is 28.9. The second-order valence-electron chi connectivity index (χ2n) is 9.66. The molecule has 0 saturated carbocycles. The Labute approximate surface area is 225 Å². The van der Waals surface area contributed by atoms with Crippen molar-refractivity contribution >= 4 is 17.8 Å². The van der Waals surface area contributed by atoms with Gasteiger partial charge in [0.15, 0.2) is 0 Å². The van der Waals surface area contributed by atoms with Crippen molar-refractivity contribution in [1.29, 1.82) is 0 Å². The number of allylic oxidation sites excluding steroid dienone is 2. The summed E-state index contributed by atoms with van der Waals surface area (Å²) in [7, 11) is 0. The molecule has 1 aliphatic heterocycles. The third kappa shape index (κ3) is 8.42. The quantitative estimate of drug-likeness (QED) is 0.293. The van der Waals surface area contributed by atoms with E-state index in [4.69, 9.17) is 4.74 Å². The van der Waals surface area contributed by atoms with Gasteiger partial charge in [-0.1, -0.05) is 66.7 Å². The maximum atomic E-state index is 13.4. The van der Waals surface area contributed by atoms with Crippen molar-refractivity contribution in [2.24, 2.45) is 5.92 Å². The van der Waals surface area contributed by atoms with Crippen LogP contribution in [-0.4, -0.2) is 53.1 Å². The number of esters is 1. The average molecular weight is 519 g/mol. The summed E-state index contributed by atoms with van der Waals surface area (Å²) in [6.45, 7) is 7.68. The van der Waals surface area contributed by atoms with Gasteiger partial charge in [-0.2, -0.15) is 0 Å². The number of ether oxygens (including phenoxy) is 1. The summed E-state index contributed by atoms with van der Waals surface area (Å²) in [4.78, 5) is 40.5. The third-order valence-electron chi connectivity index (χ3n) is 6.80. The van der Waals surface area contributed by atoms with Crippen LogP contribution in [0.1, 0.15) is 42.4 Å². The number of benzene rings is 2. The minimum absolute atomic E-state index is 0.00625. The van der Waals surface area contributed by atoms with Crippen LogP contribution in [0.15, 0.2) is 79.9 Å². The van der Waals surface area contributed by atoms with Gasteiger partial charge in [-0.15, -0.1) is 13.2 Å². The summed E-state index contributed by atoms with van der Waals surface area (Å²) < 4.78 is 5.43. The molecule has 1 heterocycles. The van der Waals surface area contributed by atoms with Crippen LogP contribution in [0.25, 0.3) is 0 Å². The molecule has 2 amide bonds. The normalized spacial score (nSPS) is 16.0. The van der Waals surface area contributed by atoms with Gasteiger partial charge < -0.3 is 20.1 Å². The van der Waals surface area contributed by atoms with E-state index in [1.807, 2.05) is 54.6 Å². The van der Waals surface area contributed by atoms with Gasteiger partial charge in [0, 0.05) is 19.4 Å². The molecular formula is C31H38N2O5. The smallest absolute Gasteiger partial charge is 0.306 e. The van der Waals surface area contributed by atoms with Crippen LogP contribution < -0.4 is 5.32 Å². The molecule has 3 rings (SSSR count). The van der Waals surface area contributed by atoms with Crippen LogP contribution >= 0.6 is 0 Å². The van der Waals surface area contributed by atoms with E-state index in [0.29, 0.717) is 32.2 Å². The Hall–Kier alpha value is -3.71. The number of hydrogen-bond acceptors (Lipinski definition) is 5. The highest BCUT2D eigenvalue weighted by Gasteiger charge is 2.32. The predicted molar refractivity (Wildman–Crippen MR) is 147 cm³/mol. The molecule has 1 aliphatic rings. The molecule has 0 spiro atoms. The zero-order valence-electron chi connectivity index (χ0n) is 21.9. The minimum atomic E-state index is -0.633. The molecule has 0 unspecified atom stereocenters. The number of nitrogens with one attached hydrogen (secondary N) is 1. The fourth-order valence-electron chi connectivity index (χ4n) is 4.71. The molecule has 38 heavy (non-hydrogen) atoms. The van der Waals surface area contributed by atoms with Crippen LogP contribution in [0.2, 0.25) is 0 Å². The van der Waals surface area contributed by atoms with Crippen LogP contribution in [0.4, 0.5) is 0 Å². The number of fused-ring (bicyclic) bond motifs is 1. The standard InChI is InChI=1S/C31H38N2O5/c1-3-5-16-30(36)38-22-27(17-23-12-7-6-8-13-23)32-31(37)25(11-4-2)19-29(35)33-20-26-15-10-9-14-24(26)18-28(33)21-34/h3-4,6-10,12-15,25,27-28,34H,1-2,5,11,16-22H2,(H,32,37)/t25-,27+,28+/m1/s1. The molecule has 0 saturated heterocycles. The molecule has 202 valence electrons. The largest absolute Gasteiger partial charge is 0.463 e. The van der Waals surface area contributed by atoms with Gasteiger partial charge in [0.25, 0.3) is 0 Å². The molecule has 0 bridgehead atoms. The monoisotopic (exact) mass is 518 g/mol. The van der Waals surface area contributed by atoms with Crippen LogP contribution in [0, 0.1) is 5.92 Å². The molecule has 3 atom stereocenters. The van der Waals surface area contributed by atoms with Crippen molar-refractivity contribution in [3.63, 3.8) is 0 Å². The van der Waals surface area contributed by atoms with Crippen molar-refractivity contribution in [1.82, 2.24) is 10.2 Å². The Kier molecular flexibility index (Phi) is 11.3. The fraction of sp³-hybridized carbons (Fsp3) is 0.387. The number of carbonyl (C=O) groups excluding carboxylic acids is 3. The summed E-state index contributed by atoms with van der Waals surface area (Å²) >= 11 is 0. The molecule has 0 fully saturated rings. The first-order chi connectivity index (χ1) is 18.4. The molecule has 7 nitrogen and oxygen atoms in total. The Morgan fingerprint density at radius 2 is 1.76 bits per heavy atom. The maximum Gasteiger partial charge on any atom is 0.306 e. The van der Waals surface area contributed by atoms with Gasteiger partial charge in [-0.25, -0.2) is 0 Å². The minimum Gasteiger partial charge on any atom is -0.463 e. The molecular weight excluding hydrogens is 480 g/mol. The highest BCUT2D eigenvalue weighted by Crippen LogP contribution is 2.25. The zero-order chi connectivity index (χ0) is 27.3. The van der Waals surface area contributed by atoms with Crippen LogP contribution in [-0.2, 0) is 38.5 Å². The van der Waals surface area contributed by atoms with Gasteiger partial charge >= 0.3 is 5.97 Å². The lowest BCUT2D eigenvalue weighted by Crippen LogP contribution is -2.48. The number of amides is 2. The Morgan fingerprint density at radius 3 is 2.45 bits per heavy atom. The molecule has 2 N–H and O–H groups in total. The number of hydrogen-bond donors (Lipinski definition) is 2. The highest BCUT2D eigenvalue weighted by atomic mass is 16.5. The number of carbonyl (C=O) groups is 3. The van der Waals surface area contributed by atoms with Crippen LogP contribution in [0.5, 0.6) is 0 Å². The molecule has 0 aliphatic carbocycles. The van der Waals surface area contributed by atoms with E-state index in [2.05, 4.69) is 18.5 Å². The summed E-state index contributed by atoms with van der Waals surface area (Å²) in [6, 6.07) is 16.8. The lowest BCUT2D eigenvalue weighted by atomic mass is 9.92. The Morgan fingerprint density at radius 1 is 1.05 bits per heavy atom. The lowest BCUT2D eigenvalue weighted by Gasteiger charge is -2.36. The van der Waals surface area contributed by atoms with Gasteiger partial charge in [0.1, 0.15) is 6.61 Å². The number of nitrogens with zero attached hydrogens (tertiary/aromatic N) is 1. The van der Waals surface area contributed by atoms with Gasteiger partial charge in [-0.3, -0.25) is 14.4 Å². The number of rotatable bonds is 14. The predicted octanol–water partition coefficient (Wildman–Crippen LogP) is 3.75. The molecule has 2 aromatic carbocycles. The van der Waals surface area contributed by atoms with Gasteiger partial charge in [0.05, 0.1) is 24.6 Å². The SMILES string of the molecule is C=CCCC(=O)OC[C@H](Cc1ccccc1)NC(=O)[C@H](CC=C)CC(=O)N1Cc2ccccc2C[C@H]1CO. The van der Waals surface area contributed by atoms with E-state index >= 15 is 0 Å². The zero-order valence-corrected chi connectivity index (χ0v) is 21.9. The van der Waals surface area contributed by atoms with Crippen molar-refractivity contribution in [3.05, 3.63) is 96.6 Å². The van der Waals surface area contributed by atoms with Crippen molar-refractivity contribution in [3.8, 4) is 0 Å². The van der Waals surface area contributed by atoms with E-state index in [1.54, 1.807) is 17.1 Å². The maximum absolute atomic E-state index is 13.4. The summed E-state index contributed by atoms with van der Waals surface area (Å²) in [5.74, 6) is -1.46. The molecule has 2 aromatic rings. The molecule has 7 heteroatoms. The number of aliphatic hydroxyl groups is 1. The molecule has 0 radical (unpaired) electrons. The van der Waals surface area contributed by atoms with E-state index in [0.717, 1.165) is 16.7 Å². The summed E-state index contributed by atoms with van der Waals surface area (Å²) in [5, 5.41) is 13.0. The second kappa shape index (κ2) is 14.9. The first-order valence-electron chi connectivity index (χ1n) is 13.1. The Bertz CT molecular complexity index is 1100. The first-order valence-corrected chi connectivity index (χ1v) is 13.1. The van der Waals surface area contributed by atoms with Gasteiger partial charge in [-0.05, 0) is 42.4 Å². The summed E-state index contributed by atoms with van der Waals surface area (Å²) in [5.41, 5.74) is 3.17. The van der Waals surface area contributed by atoms with Crippen molar-refractivity contribution < 1.29 is 24.2 Å². The van der Waals surface area contributed by atoms with E-state index < -0.39 is 12.0 Å². The van der Waals surface area contributed by atoms with Crippen molar-refractivity contribution in [2.75, 3.05) is 13.2 Å². The summed E-state index contributed by atoms with van der Waals surface area (Å²) in [6.07, 6.45) is 5.41. The Balaban J connectivity index is 1.68. The van der Waals surface area contributed by atoms with Gasteiger partial charge in [0.2, 0.25) is 11.8 Å². The third-order valence-corrected chi connectivity index (χ3v) is 6.80. The highest BCUT2D eigenvalue weighted by molar-refractivity contribution is 5.86. The lowest BCUT2D eigenvalue weighted by molar-refractivity contribution is -0.145. The molecule has 0 aromatic heterocycles. The van der Waals surface area contributed by atoms with Crippen LogP contribution in [0.3, 0.4) is 0 Å².